The molecular formula is C39H49N5O5. The molecule has 1 aliphatic rings. The van der Waals surface area contributed by atoms with Crippen LogP contribution in [0.3, 0.4) is 0 Å². The molecule has 0 saturated heterocycles. The fraction of sp³-hybridized carbons (Fsp3) is 0.410. The van der Waals surface area contributed by atoms with Crippen molar-refractivity contribution in [1.82, 2.24) is 20.3 Å². The number of benzene rings is 3. The summed E-state index contributed by atoms with van der Waals surface area (Å²) in [5.41, 5.74) is 5.50. The zero-order valence-corrected chi connectivity index (χ0v) is 28.7. The summed E-state index contributed by atoms with van der Waals surface area (Å²) in [4.78, 5) is 15.6. The van der Waals surface area contributed by atoms with Crippen molar-refractivity contribution in [1.29, 1.82) is 0 Å². The largest absolute Gasteiger partial charge is 0.494 e. The van der Waals surface area contributed by atoms with Crippen LogP contribution >= 0.6 is 0 Å². The summed E-state index contributed by atoms with van der Waals surface area (Å²) >= 11 is 0. The topological polar surface area (TPSA) is 122 Å². The number of carbonyl (C=O) groups excluding carboxylic acids is 1. The van der Waals surface area contributed by atoms with Gasteiger partial charge in [0, 0.05) is 38.1 Å². The molecule has 1 aliphatic heterocycles. The maximum atomic E-state index is 13.8. The number of ether oxygens (including phenoxy) is 2. The quantitative estimate of drug-likeness (QED) is 0.0910. The van der Waals surface area contributed by atoms with Crippen LogP contribution in [-0.4, -0.2) is 70.6 Å². The van der Waals surface area contributed by atoms with Crippen molar-refractivity contribution < 1.29 is 24.5 Å². The van der Waals surface area contributed by atoms with Crippen LogP contribution in [0.4, 0.5) is 11.4 Å². The number of allylic oxidation sites excluding steroid dienone is 1. The second-order valence-corrected chi connectivity index (χ2v) is 12.4. The Morgan fingerprint density at radius 2 is 1.84 bits per heavy atom. The Hall–Kier alpha value is -4.35. The monoisotopic (exact) mass is 667 g/mol. The molecule has 1 amide bonds. The highest BCUT2D eigenvalue weighted by Gasteiger charge is 2.34. The van der Waals surface area contributed by atoms with Crippen molar-refractivity contribution in [2.45, 2.75) is 64.1 Å². The average Bonchev–Trinajstić information content (AvgIpc) is 3.59. The second kappa shape index (κ2) is 17.9. The highest BCUT2D eigenvalue weighted by Crippen LogP contribution is 2.37. The van der Waals surface area contributed by atoms with E-state index in [0.29, 0.717) is 32.5 Å². The van der Waals surface area contributed by atoms with Crippen LogP contribution in [0, 0.1) is 5.92 Å². The fourth-order valence-electron chi connectivity index (χ4n) is 6.44. The molecule has 3 N–H and O–H groups in total. The molecule has 10 heteroatoms. The van der Waals surface area contributed by atoms with Gasteiger partial charge in [-0.15, -0.1) is 5.10 Å². The molecule has 5 rings (SSSR count). The number of aliphatic hydroxyl groups is 2. The van der Waals surface area contributed by atoms with E-state index in [2.05, 4.69) is 34.7 Å². The molecule has 49 heavy (non-hydrogen) atoms. The molecule has 0 bridgehead atoms. The third-order valence-corrected chi connectivity index (χ3v) is 8.99. The number of carbonyl (C=O) groups is 1. The minimum absolute atomic E-state index is 0.000508. The van der Waals surface area contributed by atoms with Crippen LogP contribution in [0.15, 0.2) is 91.1 Å². The third kappa shape index (κ3) is 9.01. The molecule has 4 aromatic rings. The predicted molar refractivity (Wildman–Crippen MR) is 191 cm³/mol. The van der Waals surface area contributed by atoms with E-state index < -0.39 is 0 Å². The van der Waals surface area contributed by atoms with Gasteiger partial charge in [-0.1, -0.05) is 66.8 Å². The van der Waals surface area contributed by atoms with Crippen molar-refractivity contribution in [3.05, 3.63) is 114 Å². The zero-order valence-electron chi connectivity index (χ0n) is 28.7. The first-order valence-electron chi connectivity index (χ1n) is 17.3. The number of fused-ring (bicyclic) bond motifs is 1. The van der Waals surface area contributed by atoms with Gasteiger partial charge in [0.1, 0.15) is 5.75 Å². The van der Waals surface area contributed by atoms with Gasteiger partial charge >= 0.3 is 0 Å². The Kier molecular flexibility index (Phi) is 13.1. The van der Waals surface area contributed by atoms with Gasteiger partial charge in [-0.25, -0.2) is 0 Å². The van der Waals surface area contributed by atoms with Gasteiger partial charge in [0.25, 0.3) is 0 Å². The fourth-order valence-corrected chi connectivity index (χ4v) is 6.44. The Morgan fingerprint density at radius 3 is 2.55 bits per heavy atom. The lowest BCUT2D eigenvalue weighted by atomic mass is 9.94. The number of methoxy groups -OCH3 is 1. The number of rotatable bonds is 18. The normalized spacial score (nSPS) is 16.5. The van der Waals surface area contributed by atoms with E-state index in [1.807, 2.05) is 90.6 Å². The number of amides is 1. The summed E-state index contributed by atoms with van der Waals surface area (Å²) in [5, 5.41) is 31.2. The highest BCUT2D eigenvalue weighted by molar-refractivity contribution is 6.06. The number of nitrogens with one attached hydrogen (secondary N) is 1. The first kappa shape index (κ1) is 35.9. The van der Waals surface area contributed by atoms with Crippen molar-refractivity contribution in [2.24, 2.45) is 5.92 Å². The zero-order chi connectivity index (χ0) is 34.6. The average molecular weight is 668 g/mol. The van der Waals surface area contributed by atoms with Crippen molar-refractivity contribution in [3.8, 4) is 5.75 Å². The summed E-state index contributed by atoms with van der Waals surface area (Å²) in [6.45, 7) is 6.10. The van der Waals surface area contributed by atoms with Gasteiger partial charge in [0.15, 0.2) is 0 Å². The number of unbranched alkanes of at least 4 members (excludes halogenated alkanes) is 1. The van der Waals surface area contributed by atoms with Crippen LogP contribution in [0.1, 0.15) is 67.5 Å². The molecule has 1 aromatic heterocycles. The predicted octanol–water partition coefficient (Wildman–Crippen LogP) is 5.72. The molecule has 10 nitrogen and oxygen atoms in total. The SMILES string of the molecule is CCOc1ccc2c(c1)CC(NCCCCO)C(=O)N2c1ccc([C@@H](OC)[C@H](C)/C=C/CCn2cc(C(CO)c3ccccc3)nn2)cc1. The highest BCUT2D eigenvalue weighted by atomic mass is 16.5. The summed E-state index contributed by atoms with van der Waals surface area (Å²) in [6.07, 6.45) is 8.88. The standard InChI is InChI=1S/C39H49N5O5/c1-4-49-33-19-20-37-31(24-33)25-35(40-21-9-11-23-45)39(47)44(37)32-17-15-30(16-18-32)38(48-3)28(2)12-8-10-22-43-26-36(41-42-43)34(27-46)29-13-6-5-7-14-29/h5-8,12-20,24,26,28,34-35,38,40,45-46H,4,9-11,21-23,25,27H2,1-3H3/b12-8+/t28-,34?,35?,38+/m1/s1. The van der Waals surface area contributed by atoms with E-state index in [9.17, 15) is 15.0 Å². The number of hydrogen-bond acceptors (Lipinski definition) is 8. The summed E-state index contributed by atoms with van der Waals surface area (Å²) in [5.74, 6) is 0.690. The van der Waals surface area contributed by atoms with Crippen LogP contribution in [0.25, 0.3) is 0 Å². The van der Waals surface area contributed by atoms with Gasteiger partial charge in [0.05, 0.1) is 42.7 Å². The molecule has 0 spiro atoms. The molecule has 2 unspecified atom stereocenters. The maximum Gasteiger partial charge on any atom is 0.249 e. The number of anilines is 2. The number of aryl methyl sites for hydroxylation is 1. The second-order valence-electron chi connectivity index (χ2n) is 12.4. The van der Waals surface area contributed by atoms with Crippen molar-refractivity contribution in [2.75, 3.05) is 38.4 Å². The minimum atomic E-state index is -0.372. The van der Waals surface area contributed by atoms with E-state index >= 15 is 0 Å². The van der Waals surface area contributed by atoms with Crippen molar-refractivity contribution in [3.63, 3.8) is 0 Å². The first-order valence-corrected chi connectivity index (χ1v) is 17.3. The van der Waals surface area contributed by atoms with E-state index in [4.69, 9.17) is 9.47 Å². The smallest absolute Gasteiger partial charge is 0.249 e. The summed E-state index contributed by atoms with van der Waals surface area (Å²) < 4.78 is 13.5. The Labute approximate surface area is 289 Å². The van der Waals surface area contributed by atoms with Crippen LogP contribution < -0.4 is 15.0 Å². The summed E-state index contributed by atoms with van der Waals surface area (Å²) in [7, 11) is 1.72. The number of aliphatic hydroxyl groups excluding tert-OH is 2. The maximum absolute atomic E-state index is 13.8. The molecule has 2 heterocycles. The van der Waals surface area contributed by atoms with Gasteiger partial charge in [0.2, 0.25) is 5.91 Å². The Morgan fingerprint density at radius 1 is 1.04 bits per heavy atom. The molecule has 260 valence electrons. The lowest BCUT2D eigenvalue weighted by molar-refractivity contribution is -0.120. The van der Waals surface area contributed by atoms with Gasteiger partial charge < -0.3 is 25.0 Å². The van der Waals surface area contributed by atoms with Crippen LogP contribution in [-0.2, 0) is 22.5 Å². The molecule has 0 saturated carbocycles. The summed E-state index contributed by atoms with van der Waals surface area (Å²) in [6, 6.07) is 23.4. The lowest BCUT2D eigenvalue weighted by Crippen LogP contribution is -2.49. The van der Waals surface area contributed by atoms with Crippen LogP contribution in [0.5, 0.6) is 5.75 Å². The van der Waals surface area contributed by atoms with Gasteiger partial charge in [-0.2, -0.15) is 0 Å². The molecule has 0 fully saturated rings. The lowest BCUT2D eigenvalue weighted by Gasteiger charge is -2.35. The van der Waals surface area contributed by atoms with Crippen LogP contribution in [0.2, 0.25) is 0 Å². The molecule has 0 aliphatic carbocycles. The van der Waals surface area contributed by atoms with E-state index in [0.717, 1.165) is 52.4 Å². The van der Waals surface area contributed by atoms with Gasteiger partial charge in [-0.05, 0) is 86.2 Å². The number of nitrogens with zero attached hydrogens (tertiary/aromatic N) is 4. The van der Waals surface area contributed by atoms with Crippen molar-refractivity contribution >= 4 is 17.3 Å². The minimum Gasteiger partial charge on any atom is -0.494 e. The van der Waals surface area contributed by atoms with E-state index in [-0.39, 0.29) is 43.1 Å². The first-order chi connectivity index (χ1) is 24.0. The van der Waals surface area contributed by atoms with Gasteiger partial charge in [-0.3, -0.25) is 14.4 Å². The third-order valence-electron chi connectivity index (χ3n) is 8.99. The Bertz CT molecular complexity index is 1640. The van der Waals surface area contributed by atoms with E-state index in [1.165, 1.54) is 0 Å². The molecule has 3 aromatic carbocycles. The molecule has 0 radical (unpaired) electrons. The Balaban J connectivity index is 1.24. The molecule has 4 atom stereocenters. The number of hydrogen-bond donors (Lipinski definition) is 3. The number of aromatic nitrogens is 3. The molecular weight excluding hydrogens is 618 g/mol. The van der Waals surface area contributed by atoms with E-state index in [1.54, 1.807) is 12.0 Å².